The van der Waals surface area contributed by atoms with Gasteiger partial charge in [-0.1, -0.05) is 12.1 Å². The fourth-order valence-corrected chi connectivity index (χ4v) is 5.29. The summed E-state index contributed by atoms with van der Waals surface area (Å²) in [6.07, 6.45) is 0. The molecule has 0 saturated carbocycles. The van der Waals surface area contributed by atoms with E-state index in [0.29, 0.717) is 22.6 Å². The van der Waals surface area contributed by atoms with E-state index >= 15 is 0 Å². The summed E-state index contributed by atoms with van der Waals surface area (Å²) >= 11 is 0. The number of phenols is 1. The number of carbonyl (C=O) groups is 4. The van der Waals surface area contributed by atoms with E-state index < -0.39 is 23.9 Å². The van der Waals surface area contributed by atoms with E-state index in [1.54, 1.807) is 60.7 Å². The molecule has 0 aromatic heterocycles. The maximum atomic E-state index is 13.4. The molecule has 0 unspecified atom stereocenters. The molecule has 6 aromatic rings. The van der Waals surface area contributed by atoms with E-state index in [4.69, 9.17) is 33.2 Å². The van der Waals surface area contributed by atoms with Gasteiger partial charge < -0.3 is 38.3 Å². The first-order chi connectivity index (χ1) is 26.7. The van der Waals surface area contributed by atoms with Gasteiger partial charge in [-0.2, -0.15) is 0 Å². The SMILES string of the molecule is COc1ccc(C(=O)Oc2ccc(C(=O)Oc3cccc(O)c3-c3c(OC)cccc3OC(=O)c3ccc(OC(=O)c4ccc(OC)cc4)cc3)cc2)cc1. The molecule has 0 spiro atoms. The average molecular weight is 741 g/mol. The Morgan fingerprint density at radius 1 is 0.364 bits per heavy atom. The Bertz CT molecular complexity index is 2330. The van der Waals surface area contributed by atoms with Crippen LogP contribution in [0.5, 0.6) is 46.0 Å². The highest BCUT2D eigenvalue weighted by molar-refractivity contribution is 5.97. The number of carbonyl (C=O) groups excluding carboxylic acids is 4. The van der Waals surface area contributed by atoms with Gasteiger partial charge in [0.25, 0.3) is 0 Å². The van der Waals surface area contributed by atoms with Crippen molar-refractivity contribution >= 4 is 23.9 Å². The second-order valence-corrected chi connectivity index (χ2v) is 11.5. The third-order valence-corrected chi connectivity index (χ3v) is 8.12. The third-order valence-electron chi connectivity index (χ3n) is 8.12. The molecule has 6 rings (SSSR count). The van der Waals surface area contributed by atoms with Crippen molar-refractivity contribution < 1.29 is 57.4 Å². The van der Waals surface area contributed by atoms with Gasteiger partial charge in [-0.3, -0.25) is 0 Å². The number of benzene rings is 6. The smallest absolute Gasteiger partial charge is 0.343 e. The Morgan fingerprint density at radius 3 is 1.07 bits per heavy atom. The van der Waals surface area contributed by atoms with Crippen molar-refractivity contribution in [2.24, 2.45) is 0 Å². The summed E-state index contributed by atoms with van der Waals surface area (Å²) in [6.45, 7) is 0. The molecule has 0 saturated heterocycles. The molecule has 0 aliphatic heterocycles. The van der Waals surface area contributed by atoms with E-state index in [2.05, 4.69) is 0 Å². The predicted molar refractivity (Wildman–Crippen MR) is 199 cm³/mol. The van der Waals surface area contributed by atoms with Crippen molar-refractivity contribution in [3.63, 3.8) is 0 Å². The Labute approximate surface area is 315 Å². The van der Waals surface area contributed by atoms with Gasteiger partial charge in [0.05, 0.1) is 54.7 Å². The van der Waals surface area contributed by atoms with Gasteiger partial charge in [0.15, 0.2) is 0 Å². The van der Waals surface area contributed by atoms with Crippen LogP contribution in [-0.4, -0.2) is 50.3 Å². The van der Waals surface area contributed by atoms with Gasteiger partial charge in [0.1, 0.15) is 46.0 Å². The zero-order valence-electron chi connectivity index (χ0n) is 29.6. The summed E-state index contributed by atoms with van der Waals surface area (Å²) in [4.78, 5) is 51.9. The number of hydrogen-bond donors (Lipinski definition) is 1. The van der Waals surface area contributed by atoms with E-state index in [-0.39, 0.29) is 56.8 Å². The first-order valence-electron chi connectivity index (χ1n) is 16.5. The number of methoxy groups -OCH3 is 3. The van der Waals surface area contributed by atoms with Gasteiger partial charge >= 0.3 is 23.9 Å². The molecule has 1 N–H and O–H groups in total. The van der Waals surface area contributed by atoms with Crippen LogP contribution in [0.1, 0.15) is 41.4 Å². The lowest BCUT2D eigenvalue weighted by Crippen LogP contribution is -2.12. The second-order valence-electron chi connectivity index (χ2n) is 11.5. The first kappa shape index (κ1) is 37.2. The maximum Gasteiger partial charge on any atom is 0.343 e. The molecule has 55 heavy (non-hydrogen) atoms. The normalized spacial score (nSPS) is 10.5. The van der Waals surface area contributed by atoms with Crippen molar-refractivity contribution in [3.05, 3.63) is 156 Å². The van der Waals surface area contributed by atoms with Crippen LogP contribution in [0, 0.1) is 0 Å². The van der Waals surface area contributed by atoms with Crippen molar-refractivity contribution in [2.45, 2.75) is 0 Å². The highest BCUT2D eigenvalue weighted by Gasteiger charge is 2.25. The summed E-state index contributed by atoms with van der Waals surface area (Å²) in [5, 5.41) is 11.1. The highest BCUT2D eigenvalue weighted by Crippen LogP contribution is 2.47. The molecule has 6 aromatic carbocycles. The minimum Gasteiger partial charge on any atom is -0.507 e. The van der Waals surface area contributed by atoms with Crippen molar-refractivity contribution in [3.8, 4) is 57.1 Å². The number of rotatable bonds is 12. The van der Waals surface area contributed by atoms with Gasteiger partial charge in [0, 0.05) is 0 Å². The van der Waals surface area contributed by atoms with Crippen molar-refractivity contribution in [1.82, 2.24) is 0 Å². The fourth-order valence-electron chi connectivity index (χ4n) is 5.29. The maximum absolute atomic E-state index is 13.4. The highest BCUT2D eigenvalue weighted by atomic mass is 16.6. The van der Waals surface area contributed by atoms with Crippen LogP contribution >= 0.6 is 0 Å². The minimum absolute atomic E-state index is 0.0128. The number of esters is 4. The summed E-state index contributed by atoms with van der Waals surface area (Å²) in [6, 6.07) is 33.3. The number of ether oxygens (including phenoxy) is 7. The molecule has 0 fully saturated rings. The molecular formula is C43H32O12. The summed E-state index contributed by atoms with van der Waals surface area (Å²) in [7, 11) is 4.43. The van der Waals surface area contributed by atoms with Crippen LogP contribution < -0.4 is 33.2 Å². The van der Waals surface area contributed by atoms with Crippen LogP contribution in [0.15, 0.2) is 133 Å². The van der Waals surface area contributed by atoms with Gasteiger partial charge in [-0.25, -0.2) is 19.2 Å². The molecule has 0 bridgehead atoms. The molecule has 0 aliphatic carbocycles. The van der Waals surface area contributed by atoms with E-state index in [1.165, 1.54) is 94.1 Å². The van der Waals surface area contributed by atoms with Crippen LogP contribution in [0.2, 0.25) is 0 Å². The number of phenolic OH excluding ortho intramolecular Hbond substituents is 1. The molecule has 0 amide bonds. The van der Waals surface area contributed by atoms with E-state index in [0.717, 1.165) is 0 Å². The van der Waals surface area contributed by atoms with Crippen molar-refractivity contribution in [2.75, 3.05) is 21.3 Å². The molecular weight excluding hydrogens is 708 g/mol. The van der Waals surface area contributed by atoms with Crippen LogP contribution in [0.3, 0.4) is 0 Å². The Kier molecular flexibility index (Phi) is 11.4. The molecule has 276 valence electrons. The number of aromatic hydroxyl groups is 1. The minimum atomic E-state index is -0.791. The van der Waals surface area contributed by atoms with Crippen molar-refractivity contribution in [1.29, 1.82) is 0 Å². The second kappa shape index (κ2) is 16.8. The Morgan fingerprint density at radius 2 is 0.691 bits per heavy atom. The lowest BCUT2D eigenvalue weighted by molar-refractivity contribution is 0.0718. The zero-order valence-corrected chi connectivity index (χ0v) is 29.6. The lowest BCUT2D eigenvalue weighted by Gasteiger charge is -2.18. The van der Waals surface area contributed by atoms with Crippen LogP contribution in [0.25, 0.3) is 11.1 Å². The quantitative estimate of drug-likeness (QED) is 0.0957. The largest absolute Gasteiger partial charge is 0.507 e. The predicted octanol–water partition coefficient (Wildman–Crippen LogP) is 7.96. The molecule has 0 heterocycles. The van der Waals surface area contributed by atoms with Gasteiger partial charge in [-0.05, 0) is 121 Å². The average Bonchev–Trinajstić information content (AvgIpc) is 3.21. The summed E-state index contributed by atoms with van der Waals surface area (Å²) in [5.41, 5.74) is 1.00. The molecule has 0 radical (unpaired) electrons. The fraction of sp³-hybridized carbons (Fsp3) is 0.0698. The summed E-state index contributed by atoms with van der Waals surface area (Å²) < 4.78 is 38.2. The van der Waals surface area contributed by atoms with Gasteiger partial charge in [-0.15, -0.1) is 0 Å². The van der Waals surface area contributed by atoms with Crippen LogP contribution in [-0.2, 0) is 0 Å². The standard InChI is InChI=1S/C43H32O12/c1-49-30-18-10-26(11-19-30)40(45)52-32-22-14-28(15-23-32)42(47)54-36-8-4-6-34(44)38(36)39-35(51-3)7-5-9-37(39)55-43(48)29-16-24-33(25-17-29)53-41(46)27-12-20-31(50-2)21-13-27/h4-25,44H,1-3H3. The molecule has 12 heteroatoms. The topological polar surface area (TPSA) is 153 Å². The number of hydrogen-bond acceptors (Lipinski definition) is 12. The third kappa shape index (κ3) is 8.72. The monoisotopic (exact) mass is 740 g/mol. The lowest BCUT2D eigenvalue weighted by atomic mass is 10.0. The molecule has 0 atom stereocenters. The summed E-state index contributed by atoms with van der Waals surface area (Å²) in [5.74, 6) is -1.36. The molecule has 0 aliphatic rings. The Balaban J connectivity index is 1.18. The molecule has 12 nitrogen and oxygen atoms in total. The Hall–Kier alpha value is -7.60. The van der Waals surface area contributed by atoms with Crippen LogP contribution in [0.4, 0.5) is 0 Å². The van der Waals surface area contributed by atoms with E-state index in [9.17, 15) is 24.3 Å². The first-order valence-corrected chi connectivity index (χ1v) is 16.5. The van der Waals surface area contributed by atoms with Gasteiger partial charge in [0.2, 0.25) is 0 Å². The zero-order chi connectivity index (χ0) is 38.9. The van der Waals surface area contributed by atoms with E-state index in [1.807, 2.05) is 0 Å².